The molecule has 0 spiro atoms. The first-order valence-electron chi connectivity index (χ1n) is 7.09. The number of esters is 1. The molecule has 2 aromatic carbocycles. The van der Waals surface area contributed by atoms with Crippen molar-refractivity contribution in [2.75, 3.05) is 0 Å². The summed E-state index contributed by atoms with van der Waals surface area (Å²) in [6, 6.07) is 11.3. The van der Waals surface area contributed by atoms with E-state index in [1.54, 1.807) is 6.07 Å². The van der Waals surface area contributed by atoms with Gasteiger partial charge in [-0.15, -0.1) is 0 Å². The van der Waals surface area contributed by atoms with Gasteiger partial charge in [-0.05, 0) is 36.8 Å². The smallest absolute Gasteiger partial charge is 0.338 e. The van der Waals surface area contributed by atoms with Crippen LogP contribution in [0.4, 0.5) is 0 Å². The van der Waals surface area contributed by atoms with Crippen LogP contribution in [-0.4, -0.2) is 5.97 Å². The van der Waals surface area contributed by atoms with Crippen LogP contribution in [0, 0.1) is 6.92 Å². The van der Waals surface area contributed by atoms with Crippen molar-refractivity contribution in [3.8, 4) is 0 Å². The van der Waals surface area contributed by atoms with Gasteiger partial charge in [-0.25, -0.2) is 9.59 Å². The number of fused-ring (bicyclic) bond motifs is 1. The van der Waals surface area contributed by atoms with E-state index in [9.17, 15) is 9.59 Å². The second-order valence-corrected chi connectivity index (χ2v) is 6.20. The van der Waals surface area contributed by atoms with Crippen LogP contribution in [-0.2, 0) is 11.3 Å². The van der Waals surface area contributed by atoms with Crippen molar-refractivity contribution < 1.29 is 13.9 Å². The Hall–Kier alpha value is -2.30. The van der Waals surface area contributed by atoms with Gasteiger partial charge in [0.1, 0.15) is 12.2 Å². The summed E-state index contributed by atoms with van der Waals surface area (Å²) in [6.45, 7) is 1.84. The molecule has 0 N–H and O–H groups in total. The Kier molecular flexibility index (Phi) is 4.60. The summed E-state index contributed by atoms with van der Waals surface area (Å²) in [5.41, 5.74) is 1.75. The van der Waals surface area contributed by atoms with E-state index in [-0.39, 0.29) is 12.2 Å². The van der Waals surface area contributed by atoms with E-state index in [0.717, 1.165) is 10.9 Å². The fourth-order valence-electron chi connectivity index (χ4n) is 2.35. The van der Waals surface area contributed by atoms with Crippen molar-refractivity contribution in [3.63, 3.8) is 0 Å². The number of carbonyl (C=O) groups excluding carboxylic acids is 1. The number of ether oxygens (including phenoxy) is 1. The Bertz CT molecular complexity index is 972. The van der Waals surface area contributed by atoms with Gasteiger partial charge in [0.2, 0.25) is 0 Å². The van der Waals surface area contributed by atoms with Gasteiger partial charge in [0.15, 0.2) is 0 Å². The maximum Gasteiger partial charge on any atom is 0.338 e. The Balaban J connectivity index is 1.88. The minimum absolute atomic E-state index is 0.0614. The topological polar surface area (TPSA) is 56.5 Å². The molecule has 3 rings (SSSR count). The molecule has 0 fully saturated rings. The molecule has 0 atom stereocenters. The third-order valence-corrected chi connectivity index (χ3v) is 3.88. The number of rotatable bonds is 3. The Morgan fingerprint density at radius 2 is 1.79 bits per heavy atom. The molecule has 6 heteroatoms. The summed E-state index contributed by atoms with van der Waals surface area (Å²) in [7, 11) is 0. The number of aryl methyl sites for hydroxylation is 1. The molecule has 0 aliphatic heterocycles. The van der Waals surface area contributed by atoms with Crippen LogP contribution >= 0.6 is 23.2 Å². The van der Waals surface area contributed by atoms with Crippen molar-refractivity contribution in [2.24, 2.45) is 0 Å². The van der Waals surface area contributed by atoms with Crippen LogP contribution in [0.1, 0.15) is 21.5 Å². The summed E-state index contributed by atoms with van der Waals surface area (Å²) >= 11 is 11.8. The van der Waals surface area contributed by atoms with Crippen LogP contribution < -0.4 is 5.63 Å². The van der Waals surface area contributed by atoms with E-state index in [1.165, 1.54) is 24.3 Å². The number of hydrogen-bond acceptors (Lipinski definition) is 4. The molecular weight excluding hydrogens is 351 g/mol. The average Bonchev–Trinajstić information content (AvgIpc) is 2.50. The van der Waals surface area contributed by atoms with Gasteiger partial charge in [0.05, 0.1) is 5.56 Å². The molecule has 122 valence electrons. The first-order chi connectivity index (χ1) is 11.4. The van der Waals surface area contributed by atoms with Gasteiger partial charge in [0, 0.05) is 27.1 Å². The highest BCUT2D eigenvalue weighted by molar-refractivity contribution is 6.35. The van der Waals surface area contributed by atoms with E-state index in [0.29, 0.717) is 21.2 Å². The molecule has 0 amide bonds. The van der Waals surface area contributed by atoms with E-state index in [4.69, 9.17) is 32.4 Å². The van der Waals surface area contributed by atoms with Crippen molar-refractivity contribution in [3.05, 3.63) is 79.6 Å². The van der Waals surface area contributed by atoms with Gasteiger partial charge < -0.3 is 9.15 Å². The maximum atomic E-state index is 12.2. The molecule has 0 aliphatic rings. The molecule has 24 heavy (non-hydrogen) atoms. The summed E-state index contributed by atoms with van der Waals surface area (Å²) in [6.07, 6.45) is 0. The molecule has 3 aromatic rings. The second kappa shape index (κ2) is 6.67. The van der Waals surface area contributed by atoms with E-state index >= 15 is 0 Å². The lowest BCUT2D eigenvalue weighted by molar-refractivity contribution is 0.0474. The highest BCUT2D eigenvalue weighted by atomic mass is 35.5. The van der Waals surface area contributed by atoms with Crippen molar-refractivity contribution in [1.29, 1.82) is 0 Å². The maximum absolute atomic E-state index is 12.2. The van der Waals surface area contributed by atoms with Gasteiger partial charge >= 0.3 is 11.6 Å². The third kappa shape index (κ3) is 3.61. The van der Waals surface area contributed by atoms with Crippen molar-refractivity contribution in [2.45, 2.75) is 13.5 Å². The molecule has 0 unspecified atom stereocenters. The molecule has 0 saturated carbocycles. The lowest BCUT2D eigenvalue weighted by atomic mass is 10.1. The zero-order chi connectivity index (χ0) is 17.3. The van der Waals surface area contributed by atoms with E-state index in [2.05, 4.69) is 0 Å². The molecule has 1 aromatic heterocycles. The lowest BCUT2D eigenvalue weighted by Crippen LogP contribution is -2.08. The van der Waals surface area contributed by atoms with Crippen LogP contribution in [0.25, 0.3) is 11.0 Å². The quantitative estimate of drug-likeness (QED) is 0.497. The highest BCUT2D eigenvalue weighted by Crippen LogP contribution is 2.22. The highest BCUT2D eigenvalue weighted by Gasteiger charge is 2.12. The van der Waals surface area contributed by atoms with E-state index < -0.39 is 11.6 Å². The molecule has 0 radical (unpaired) electrons. The Morgan fingerprint density at radius 3 is 2.50 bits per heavy atom. The summed E-state index contributed by atoms with van der Waals surface area (Å²) in [5, 5.41) is 1.41. The number of benzene rings is 2. The SMILES string of the molecule is Cc1ccc2c(COC(=O)c3cc(Cl)cc(Cl)c3)cc(=O)oc2c1. The first kappa shape index (κ1) is 16.6. The van der Waals surface area contributed by atoms with Crippen LogP contribution in [0.3, 0.4) is 0 Å². The predicted molar refractivity (Wildman–Crippen MR) is 92.8 cm³/mol. The normalized spacial score (nSPS) is 10.8. The Morgan fingerprint density at radius 1 is 1.08 bits per heavy atom. The zero-order valence-electron chi connectivity index (χ0n) is 12.6. The Labute approximate surface area is 147 Å². The second-order valence-electron chi connectivity index (χ2n) is 5.32. The number of hydrogen-bond donors (Lipinski definition) is 0. The monoisotopic (exact) mass is 362 g/mol. The third-order valence-electron chi connectivity index (χ3n) is 3.44. The van der Waals surface area contributed by atoms with Crippen LogP contribution in [0.2, 0.25) is 10.0 Å². The number of halogens is 2. The largest absolute Gasteiger partial charge is 0.457 e. The van der Waals surface area contributed by atoms with Crippen LogP contribution in [0.15, 0.2) is 51.7 Å². The first-order valence-corrected chi connectivity index (χ1v) is 7.84. The molecule has 0 bridgehead atoms. The van der Waals surface area contributed by atoms with Gasteiger partial charge in [-0.3, -0.25) is 0 Å². The fourth-order valence-corrected chi connectivity index (χ4v) is 2.88. The fraction of sp³-hybridized carbons (Fsp3) is 0.111. The van der Waals surface area contributed by atoms with Crippen molar-refractivity contribution in [1.82, 2.24) is 0 Å². The van der Waals surface area contributed by atoms with Gasteiger partial charge in [-0.1, -0.05) is 35.3 Å². The summed E-state index contributed by atoms with van der Waals surface area (Å²) in [5.74, 6) is -0.576. The minimum Gasteiger partial charge on any atom is -0.457 e. The molecule has 1 heterocycles. The van der Waals surface area contributed by atoms with Crippen molar-refractivity contribution >= 4 is 40.1 Å². The number of carbonyl (C=O) groups is 1. The zero-order valence-corrected chi connectivity index (χ0v) is 14.1. The van der Waals surface area contributed by atoms with Crippen LogP contribution in [0.5, 0.6) is 0 Å². The van der Waals surface area contributed by atoms with Gasteiger partial charge in [-0.2, -0.15) is 0 Å². The molecule has 0 aliphatic carbocycles. The minimum atomic E-state index is -0.576. The van der Waals surface area contributed by atoms with E-state index in [1.807, 2.05) is 19.1 Å². The van der Waals surface area contributed by atoms with Gasteiger partial charge in [0.25, 0.3) is 0 Å². The molecule has 4 nitrogen and oxygen atoms in total. The molecular formula is C18H12Cl2O4. The average molecular weight is 363 g/mol. The predicted octanol–water partition coefficient (Wildman–Crippen LogP) is 4.77. The summed E-state index contributed by atoms with van der Waals surface area (Å²) in [4.78, 5) is 23.8. The standard InChI is InChI=1S/C18H12Cl2O4/c1-10-2-3-15-12(7-17(21)24-16(15)4-10)9-23-18(22)11-5-13(19)8-14(20)6-11/h2-8H,9H2,1H3. The molecule has 0 saturated heterocycles. The lowest BCUT2D eigenvalue weighted by Gasteiger charge is -2.08. The summed E-state index contributed by atoms with van der Waals surface area (Å²) < 4.78 is 10.5.